The van der Waals surface area contributed by atoms with E-state index in [4.69, 9.17) is 23.2 Å². The summed E-state index contributed by atoms with van der Waals surface area (Å²) in [5.74, 6) is 0.174. The molecule has 2 N–H and O–H groups in total. The highest BCUT2D eigenvalue weighted by Gasteiger charge is 2.50. The lowest BCUT2D eigenvalue weighted by Gasteiger charge is -2.52. The van der Waals surface area contributed by atoms with E-state index >= 15 is 0 Å². The molecule has 1 saturated heterocycles. The lowest BCUT2D eigenvalue weighted by atomic mass is 9.64. The number of aliphatic hydroxyl groups is 1. The molecule has 1 unspecified atom stereocenters. The Morgan fingerprint density at radius 1 is 0.793 bits per heavy atom. The van der Waals surface area contributed by atoms with Gasteiger partial charge in [-0.15, -0.1) is 0 Å². The molecule has 1 heterocycles. The zero-order chi connectivity index (χ0) is 21.0. The predicted octanol–water partition coefficient (Wildman–Crippen LogP) is 7.35. The SMILES string of the molecule is CCCCCCC1(O)[C@H](C)[C@@H](c2ccc(Cl)cc2)N[C@H](c2ccc(Cl)cc2)[C@@H]1C. The fourth-order valence-electron chi connectivity index (χ4n) is 4.87. The first-order valence-electron chi connectivity index (χ1n) is 10.9. The van der Waals surface area contributed by atoms with E-state index in [1.165, 1.54) is 30.4 Å². The summed E-state index contributed by atoms with van der Waals surface area (Å²) < 4.78 is 0. The maximum atomic E-state index is 12.0. The van der Waals surface area contributed by atoms with E-state index in [0.717, 1.165) is 22.9 Å². The molecule has 1 aliphatic rings. The molecule has 0 spiro atoms. The second kappa shape index (κ2) is 9.83. The third kappa shape index (κ3) is 4.99. The summed E-state index contributed by atoms with van der Waals surface area (Å²) in [5.41, 5.74) is 1.59. The van der Waals surface area contributed by atoms with Crippen molar-refractivity contribution in [1.82, 2.24) is 5.32 Å². The van der Waals surface area contributed by atoms with Crippen LogP contribution in [0.3, 0.4) is 0 Å². The zero-order valence-corrected chi connectivity index (χ0v) is 19.2. The highest BCUT2D eigenvalue weighted by molar-refractivity contribution is 6.30. The van der Waals surface area contributed by atoms with Gasteiger partial charge in [0.05, 0.1) is 5.60 Å². The molecule has 1 fully saturated rings. The van der Waals surface area contributed by atoms with E-state index in [-0.39, 0.29) is 23.9 Å². The molecule has 0 amide bonds. The average Bonchev–Trinajstić information content (AvgIpc) is 2.72. The number of unbranched alkanes of at least 4 members (excludes halogenated alkanes) is 3. The Kier molecular flexibility index (Phi) is 7.67. The molecule has 0 bridgehead atoms. The molecule has 2 aromatic rings. The van der Waals surface area contributed by atoms with Crippen LogP contribution in [-0.4, -0.2) is 10.7 Å². The monoisotopic (exact) mass is 433 g/mol. The number of halogens is 2. The minimum atomic E-state index is -0.742. The smallest absolute Gasteiger partial charge is 0.0734 e. The highest BCUT2D eigenvalue weighted by Crippen LogP contribution is 2.49. The van der Waals surface area contributed by atoms with Crippen LogP contribution in [0.2, 0.25) is 10.0 Å². The fourth-order valence-corrected chi connectivity index (χ4v) is 5.13. The summed E-state index contributed by atoms with van der Waals surface area (Å²) in [6.45, 7) is 6.58. The van der Waals surface area contributed by atoms with Crippen molar-refractivity contribution < 1.29 is 5.11 Å². The first kappa shape index (κ1) is 22.6. The molecule has 2 nitrogen and oxygen atoms in total. The highest BCUT2D eigenvalue weighted by atomic mass is 35.5. The normalized spacial score (nSPS) is 29.7. The van der Waals surface area contributed by atoms with E-state index in [2.05, 4.69) is 50.4 Å². The van der Waals surface area contributed by atoms with Gasteiger partial charge >= 0.3 is 0 Å². The van der Waals surface area contributed by atoms with Crippen molar-refractivity contribution in [3.05, 3.63) is 69.7 Å². The first-order valence-corrected chi connectivity index (χ1v) is 11.6. The average molecular weight is 434 g/mol. The Morgan fingerprint density at radius 3 is 1.66 bits per heavy atom. The molecule has 0 aliphatic carbocycles. The molecular weight excluding hydrogens is 401 g/mol. The van der Waals surface area contributed by atoms with Gasteiger partial charge < -0.3 is 10.4 Å². The van der Waals surface area contributed by atoms with Gasteiger partial charge in [-0.1, -0.05) is 93.9 Å². The maximum Gasteiger partial charge on any atom is 0.0734 e. The molecule has 29 heavy (non-hydrogen) atoms. The molecule has 3 rings (SSSR count). The summed E-state index contributed by atoms with van der Waals surface area (Å²) in [6.07, 6.45) is 5.47. The summed E-state index contributed by atoms with van der Waals surface area (Å²) >= 11 is 12.2. The Bertz CT molecular complexity index is 717. The van der Waals surface area contributed by atoms with Crippen LogP contribution in [-0.2, 0) is 0 Å². The first-order chi connectivity index (χ1) is 13.9. The van der Waals surface area contributed by atoms with Crippen molar-refractivity contribution in [2.45, 2.75) is 70.6 Å². The molecule has 0 saturated carbocycles. The Labute approximate surface area is 185 Å². The number of rotatable bonds is 7. The van der Waals surface area contributed by atoms with Crippen molar-refractivity contribution in [2.75, 3.05) is 0 Å². The van der Waals surface area contributed by atoms with Crippen LogP contribution < -0.4 is 5.32 Å². The van der Waals surface area contributed by atoms with E-state index in [0.29, 0.717) is 0 Å². The summed E-state index contributed by atoms with van der Waals surface area (Å²) in [4.78, 5) is 0. The lowest BCUT2D eigenvalue weighted by molar-refractivity contribution is -0.117. The zero-order valence-electron chi connectivity index (χ0n) is 17.7. The Balaban J connectivity index is 1.94. The molecule has 0 aromatic heterocycles. The predicted molar refractivity (Wildman–Crippen MR) is 124 cm³/mol. The van der Waals surface area contributed by atoms with Crippen molar-refractivity contribution >= 4 is 23.2 Å². The number of benzene rings is 2. The van der Waals surface area contributed by atoms with Crippen molar-refractivity contribution in [1.29, 1.82) is 0 Å². The second-order valence-electron chi connectivity index (χ2n) is 8.60. The quantitative estimate of drug-likeness (QED) is 0.447. The van der Waals surface area contributed by atoms with Gasteiger partial charge in [-0.05, 0) is 41.8 Å². The third-order valence-electron chi connectivity index (χ3n) is 6.83. The number of hydrogen-bond acceptors (Lipinski definition) is 2. The van der Waals surface area contributed by atoms with Gasteiger partial charge in [0.15, 0.2) is 0 Å². The molecule has 4 heteroatoms. The van der Waals surface area contributed by atoms with Crippen LogP contribution in [0.25, 0.3) is 0 Å². The third-order valence-corrected chi connectivity index (χ3v) is 7.33. The summed E-state index contributed by atoms with van der Waals surface area (Å²) in [6, 6.07) is 16.1. The topological polar surface area (TPSA) is 32.3 Å². The molecular formula is C25H33Cl2NO. The maximum absolute atomic E-state index is 12.0. The van der Waals surface area contributed by atoms with Gasteiger partial charge in [0.1, 0.15) is 0 Å². The van der Waals surface area contributed by atoms with Gasteiger partial charge in [0, 0.05) is 34.0 Å². The van der Waals surface area contributed by atoms with Gasteiger partial charge in [0.2, 0.25) is 0 Å². The van der Waals surface area contributed by atoms with Crippen LogP contribution in [0.4, 0.5) is 0 Å². The van der Waals surface area contributed by atoms with Crippen LogP contribution in [0.15, 0.2) is 48.5 Å². The van der Waals surface area contributed by atoms with Crippen molar-refractivity contribution in [3.8, 4) is 0 Å². The standard InChI is InChI=1S/C25H33Cl2NO/c1-4-5-6-7-16-25(29)17(2)23(19-8-12-21(26)13-9-19)28-24(18(25)3)20-10-14-22(27)15-11-20/h8-15,17-18,23-24,28-29H,4-7,16H2,1-3H3/t17-,18+,23-,24-,25?/m0/s1. The summed E-state index contributed by atoms with van der Waals surface area (Å²) in [7, 11) is 0. The largest absolute Gasteiger partial charge is 0.389 e. The molecule has 1 aliphatic heterocycles. The molecule has 0 radical (unpaired) electrons. The van der Waals surface area contributed by atoms with Crippen LogP contribution in [0.1, 0.15) is 76.1 Å². The van der Waals surface area contributed by atoms with Gasteiger partial charge in [-0.2, -0.15) is 0 Å². The van der Waals surface area contributed by atoms with E-state index in [9.17, 15) is 5.11 Å². The molecule has 5 atom stereocenters. The van der Waals surface area contributed by atoms with Crippen molar-refractivity contribution in [2.24, 2.45) is 11.8 Å². The minimum Gasteiger partial charge on any atom is -0.389 e. The van der Waals surface area contributed by atoms with E-state index in [1.54, 1.807) is 0 Å². The van der Waals surface area contributed by atoms with Gasteiger partial charge in [-0.25, -0.2) is 0 Å². The number of hydrogen-bond donors (Lipinski definition) is 2. The molecule has 2 aromatic carbocycles. The number of piperidine rings is 1. The Morgan fingerprint density at radius 2 is 1.24 bits per heavy atom. The van der Waals surface area contributed by atoms with Crippen LogP contribution in [0, 0.1) is 11.8 Å². The van der Waals surface area contributed by atoms with E-state index < -0.39 is 5.60 Å². The fraction of sp³-hybridized carbons (Fsp3) is 0.520. The van der Waals surface area contributed by atoms with Gasteiger partial charge in [-0.3, -0.25) is 0 Å². The summed E-state index contributed by atoms with van der Waals surface area (Å²) in [5, 5.41) is 17.3. The second-order valence-corrected chi connectivity index (χ2v) is 9.48. The Hall–Kier alpha value is -1.06. The van der Waals surface area contributed by atoms with Crippen LogP contribution in [0.5, 0.6) is 0 Å². The van der Waals surface area contributed by atoms with Crippen molar-refractivity contribution in [3.63, 3.8) is 0 Å². The van der Waals surface area contributed by atoms with Gasteiger partial charge in [0.25, 0.3) is 0 Å². The van der Waals surface area contributed by atoms with E-state index in [1.807, 2.05) is 24.3 Å². The molecule has 158 valence electrons. The number of nitrogens with one attached hydrogen (secondary N) is 1. The lowest BCUT2D eigenvalue weighted by Crippen LogP contribution is -2.57. The minimum absolute atomic E-state index is 0.0559. The van der Waals surface area contributed by atoms with Crippen LogP contribution >= 0.6 is 23.2 Å².